The van der Waals surface area contributed by atoms with Gasteiger partial charge in [0.1, 0.15) is 6.07 Å². The van der Waals surface area contributed by atoms with Crippen LogP contribution < -0.4 is 0 Å². The van der Waals surface area contributed by atoms with Crippen molar-refractivity contribution in [1.29, 1.82) is 5.26 Å². The normalized spacial score (nSPS) is 16.8. The molecule has 0 atom stereocenters. The Hall–Kier alpha value is -1.39. The predicted molar refractivity (Wildman–Crippen MR) is 56.8 cm³/mol. The summed E-state index contributed by atoms with van der Waals surface area (Å²) < 4.78 is 26.5. The third kappa shape index (κ3) is 1.81. The Balaban J connectivity index is 2.28. The molecule has 7 heteroatoms. The van der Waals surface area contributed by atoms with Gasteiger partial charge in [0.15, 0.2) is 5.69 Å². The number of hydrogen-bond acceptors (Lipinski definition) is 4. The third-order valence-corrected chi connectivity index (χ3v) is 4.46. The molecule has 2 heterocycles. The van der Waals surface area contributed by atoms with Gasteiger partial charge in [-0.1, -0.05) is 0 Å². The van der Waals surface area contributed by atoms with E-state index in [9.17, 15) is 8.42 Å². The van der Waals surface area contributed by atoms with Crippen LogP contribution in [-0.2, 0) is 23.1 Å². The van der Waals surface area contributed by atoms with Crippen LogP contribution in [0.5, 0.6) is 0 Å². The molecule has 0 amide bonds. The van der Waals surface area contributed by atoms with Gasteiger partial charge in [-0.15, -0.1) is 0 Å². The molecule has 0 saturated carbocycles. The number of nitrogens with zero attached hydrogens (tertiary/aromatic N) is 4. The van der Waals surface area contributed by atoms with Crippen molar-refractivity contribution in [2.24, 2.45) is 0 Å². The SMILES string of the molecule is CCS(=O)(=O)N1CCn2nc(C#N)cc2C1. The van der Waals surface area contributed by atoms with Crippen molar-refractivity contribution >= 4 is 10.0 Å². The molecule has 0 aromatic carbocycles. The van der Waals surface area contributed by atoms with E-state index in [2.05, 4.69) is 5.10 Å². The molecule has 0 radical (unpaired) electrons. The monoisotopic (exact) mass is 240 g/mol. The summed E-state index contributed by atoms with van der Waals surface area (Å²) in [6, 6.07) is 3.59. The predicted octanol–water partition coefficient (Wildman–Crippen LogP) is -0.0799. The summed E-state index contributed by atoms with van der Waals surface area (Å²) in [4.78, 5) is 0. The second-order valence-corrected chi connectivity index (χ2v) is 5.85. The highest BCUT2D eigenvalue weighted by Gasteiger charge is 2.26. The smallest absolute Gasteiger partial charge is 0.214 e. The summed E-state index contributed by atoms with van der Waals surface area (Å²) in [5, 5.41) is 12.7. The molecule has 1 aromatic rings. The molecule has 16 heavy (non-hydrogen) atoms. The summed E-state index contributed by atoms with van der Waals surface area (Å²) in [7, 11) is -3.15. The van der Waals surface area contributed by atoms with E-state index in [1.807, 2.05) is 6.07 Å². The zero-order valence-corrected chi connectivity index (χ0v) is 9.74. The Labute approximate surface area is 94.1 Å². The van der Waals surface area contributed by atoms with Crippen LogP contribution in [-0.4, -0.2) is 34.8 Å². The zero-order chi connectivity index (χ0) is 11.8. The Morgan fingerprint density at radius 2 is 2.31 bits per heavy atom. The summed E-state index contributed by atoms with van der Waals surface area (Å²) in [5.74, 6) is 0.103. The lowest BCUT2D eigenvalue weighted by molar-refractivity contribution is 0.327. The number of nitriles is 1. The van der Waals surface area contributed by atoms with Crippen LogP contribution in [0.1, 0.15) is 18.3 Å². The van der Waals surface area contributed by atoms with Gasteiger partial charge in [-0.05, 0) is 13.0 Å². The number of aromatic nitrogens is 2. The van der Waals surface area contributed by atoms with Gasteiger partial charge in [0, 0.05) is 6.54 Å². The fourth-order valence-electron chi connectivity index (χ4n) is 1.72. The summed E-state index contributed by atoms with van der Waals surface area (Å²) in [6.07, 6.45) is 0. The molecule has 0 aliphatic carbocycles. The molecule has 0 bridgehead atoms. The lowest BCUT2D eigenvalue weighted by Crippen LogP contribution is -2.39. The van der Waals surface area contributed by atoms with Crippen LogP contribution in [0, 0.1) is 11.3 Å². The average molecular weight is 240 g/mol. The van der Waals surface area contributed by atoms with E-state index in [1.165, 1.54) is 4.31 Å². The standard InChI is InChI=1S/C9H12N4O2S/c1-2-16(14,15)12-3-4-13-9(7-12)5-8(6-10)11-13/h5H,2-4,7H2,1H3. The Kier molecular flexibility index (Phi) is 2.69. The van der Waals surface area contributed by atoms with Crippen LogP contribution in [0.25, 0.3) is 0 Å². The maximum absolute atomic E-state index is 11.7. The lowest BCUT2D eigenvalue weighted by atomic mass is 10.3. The quantitative estimate of drug-likeness (QED) is 0.724. The molecule has 0 fully saturated rings. The lowest BCUT2D eigenvalue weighted by Gasteiger charge is -2.26. The van der Waals surface area contributed by atoms with Crippen LogP contribution in [0.2, 0.25) is 0 Å². The second kappa shape index (κ2) is 3.88. The van der Waals surface area contributed by atoms with E-state index >= 15 is 0 Å². The van der Waals surface area contributed by atoms with Crippen molar-refractivity contribution in [1.82, 2.24) is 14.1 Å². The number of hydrogen-bond donors (Lipinski definition) is 0. The molecule has 6 nitrogen and oxygen atoms in total. The van der Waals surface area contributed by atoms with Crippen molar-refractivity contribution in [3.8, 4) is 6.07 Å². The minimum Gasteiger partial charge on any atom is -0.266 e. The van der Waals surface area contributed by atoms with E-state index in [4.69, 9.17) is 5.26 Å². The van der Waals surface area contributed by atoms with Crippen LogP contribution in [0.3, 0.4) is 0 Å². The highest BCUT2D eigenvalue weighted by Crippen LogP contribution is 2.16. The van der Waals surface area contributed by atoms with Gasteiger partial charge in [0.25, 0.3) is 0 Å². The van der Waals surface area contributed by atoms with Crippen molar-refractivity contribution in [3.05, 3.63) is 17.5 Å². The Bertz CT molecular complexity index is 540. The largest absolute Gasteiger partial charge is 0.266 e. The first-order valence-electron chi connectivity index (χ1n) is 5.01. The van der Waals surface area contributed by atoms with Crippen molar-refractivity contribution in [2.75, 3.05) is 12.3 Å². The third-order valence-electron chi connectivity index (χ3n) is 2.64. The average Bonchev–Trinajstić information content (AvgIpc) is 2.70. The van der Waals surface area contributed by atoms with Crippen molar-refractivity contribution < 1.29 is 8.42 Å². The van der Waals surface area contributed by atoms with Gasteiger partial charge in [-0.2, -0.15) is 14.7 Å². The Morgan fingerprint density at radius 1 is 1.56 bits per heavy atom. The maximum Gasteiger partial charge on any atom is 0.214 e. The molecule has 0 N–H and O–H groups in total. The molecule has 1 aliphatic rings. The van der Waals surface area contributed by atoms with Gasteiger partial charge in [-0.25, -0.2) is 8.42 Å². The summed E-state index contributed by atoms with van der Waals surface area (Å²) in [6.45, 7) is 2.87. The second-order valence-electron chi connectivity index (χ2n) is 3.59. The van der Waals surface area contributed by atoms with E-state index in [0.29, 0.717) is 25.3 Å². The molecule has 1 aliphatic heterocycles. The summed E-state index contributed by atoms with van der Waals surface area (Å²) >= 11 is 0. The number of sulfonamides is 1. The van der Waals surface area contributed by atoms with Crippen molar-refractivity contribution in [2.45, 2.75) is 20.0 Å². The molecule has 86 valence electrons. The van der Waals surface area contributed by atoms with E-state index < -0.39 is 10.0 Å². The number of fused-ring (bicyclic) bond motifs is 1. The topological polar surface area (TPSA) is 79.0 Å². The van der Waals surface area contributed by atoms with Gasteiger partial charge in [-0.3, -0.25) is 4.68 Å². The highest BCUT2D eigenvalue weighted by atomic mass is 32.2. The van der Waals surface area contributed by atoms with Gasteiger partial charge < -0.3 is 0 Å². The first-order chi connectivity index (χ1) is 7.56. The molecule has 2 rings (SSSR count). The van der Waals surface area contributed by atoms with Crippen molar-refractivity contribution in [3.63, 3.8) is 0 Å². The van der Waals surface area contributed by atoms with E-state index in [0.717, 1.165) is 5.69 Å². The van der Waals surface area contributed by atoms with Crippen LogP contribution in [0.4, 0.5) is 0 Å². The van der Waals surface area contributed by atoms with E-state index in [-0.39, 0.29) is 5.75 Å². The minimum atomic E-state index is -3.15. The van der Waals surface area contributed by atoms with Gasteiger partial charge >= 0.3 is 0 Å². The van der Waals surface area contributed by atoms with Crippen LogP contribution in [0.15, 0.2) is 6.07 Å². The molecule has 0 unspecified atom stereocenters. The highest BCUT2D eigenvalue weighted by molar-refractivity contribution is 7.89. The zero-order valence-electron chi connectivity index (χ0n) is 8.92. The Morgan fingerprint density at radius 3 is 2.94 bits per heavy atom. The van der Waals surface area contributed by atoms with Gasteiger partial charge in [0.2, 0.25) is 10.0 Å². The maximum atomic E-state index is 11.7. The first kappa shape index (κ1) is 11.1. The molecular formula is C9H12N4O2S. The van der Waals surface area contributed by atoms with Crippen LogP contribution >= 0.6 is 0 Å². The number of rotatable bonds is 2. The minimum absolute atomic E-state index is 0.103. The molecule has 1 aromatic heterocycles. The van der Waals surface area contributed by atoms with Gasteiger partial charge in [0.05, 0.1) is 24.5 Å². The fraction of sp³-hybridized carbons (Fsp3) is 0.556. The summed E-state index contributed by atoms with van der Waals surface area (Å²) in [5.41, 5.74) is 1.12. The molecule has 0 saturated heterocycles. The molecular weight excluding hydrogens is 228 g/mol. The first-order valence-corrected chi connectivity index (χ1v) is 6.62. The van der Waals surface area contributed by atoms with E-state index in [1.54, 1.807) is 17.7 Å². The molecule has 0 spiro atoms. The fourth-order valence-corrected chi connectivity index (χ4v) is 2.77.